The molecule has 15 rings (SSSR count). The highest BCUT2D eigenvalue weighted by Gasteiger charge is 2.27. The molecular formula is C65H41N5S. The first kappa shape index (κ1) is 39.9. The molecule has 1 N–H and O–H groups in total. The van der Waals surface area contributed by atoms with Gasteiger partial charge in [0.05, 0.1) is 22.1 Å². The van der Waals surface area contributed by atoms with Gasteiger partial charge in [-0.3, -0.25) is 0 Å². The molecule has 0 bridgehead atoms. The van der Waals surface area contributed by atoms with Gasteiger partial charge in [0.2, 0.25) is 0 Å². The number of hydrogen-bond donors (Lipinski definition) is 1. The van der Waals surface area contributed by atoms with Crippen LogP contribution in [0, 0.1) is 0 Å². The Kier molecular flexibility index (Phi) is 8.82. The highest BCUT2D eigenvalue weighted by atomic mass is 32.1. The minimum absolute atomic E-state index is 0.404. The van der Waals surface area contributed by atoms with Crippen LogP contribution in [0.1, 0.15) is 22.9 Å². The Balaban J connectivity index is 1.02. The summed E-state index contributed by atoms with van der Waals surface area (Å²) in [5.41, 5.74) is 12.0. The van der Waals surface area contributed by atoms with E-state index in [2.05, 4.69) is 251 Å². The molecule has 0 amide bonds. The van der Waals surface area contributed by atoms with Gasteiger partial charge >= 0.3 is 0 Å². The molecule has 0 aliphatic carbocycles. The number of hydrogen-bond acceptors (Lipinski definition) is 4. The number of aliphatic imine (C=N–C) groups is 2. The van der Waals surface area contributed by atoms with Crippen molar-refractivity contribution in [3.63, 3.8) is 0 Å². The van der Waals surface area contributed by atoms with Gasteiger partial charge in [-0.1, -0.05) is 158 Å². The van der Waals surface area contributed by atoms with Gasteiger partial charge < -0.3 is 14.5 Å². The topological polar surface area (TPSA) is 46.6 Å². The first-order valence-corrected chi connectivity index (χ1v) is 25.0. The zero-order valence-corrected chi connectivity index (χ0v) is 39.1. The van der Waals surface area contributed by atoms with Crippen LogP contribution in [0.15, 0.2) is 247 Å². The number of para-hydroxylation sites is 3. The summed E-state index contributed by atoms with van der Waals surface area (Å²) < 4.78 is 7.32. The molecule has 1 atom stereocenters. The molecule has 0 fully saturated rings. The molecule has 332 valence electrons. The fourth-order valence-electron chi connectivity index (χ4n) is 11.3. The van der Waals surface area contributed by atoms with E-state index in [4.69, 9.17) is 9.98 Å². The van der Waals surface area contributed by atoms with E-state index in [0.717, 1.165) is 67.0 Å². The molecule has 6 heteroatoms. The Bertz CT molecular complexity index is 4560. The second-order valence-electron chi connectivity index (χ2n) is 18.5. The molecule has 14 aromatic rings. The molecule has 0 saturated heterocycles. The summed E-state index contributed by atoms with van der Waals surface area (Å²) in [5.74, 6) is 1.45. The third kappa shape index (κ3) is 6.25. The molecule has 1 aliphatic rings. The monoisotopic (exact) mass is 923 g/mol. The summed E-state index contributed by atoms with van der Waals surface area (Å²) in [7, 11) is 0. The molecule has 5 nitrogen and oxygen atoms in total. The van der Waals surface area contributed by atoms with Crippen molar-refractivity contribution in [3.05, 3.63) is 253 Å². The van der Waals surface area contributed by atoms with Gasteiger partial charge in [0.25, 0.3) is 0 Å². The van der Waals surface area contributed by atoms with Crippen LogP contribution in [0.25, 0.3) is 108 Å². The molecule has 0 spiro atoms. The number of thiophene rings is 1. The van der Waals surface area contributed by atoms with Gasteiger partial charge in [-0.25, -0.2) is 9.98 Å². The smallest absolute Gasteiger partial charge is 0.160 e. The lowest BCUT2D eigenvalue weighted by Gasteiger charge is -2.25. The third-order valence-electron chi connectivity index (χ3n) is 14.5. The molecule has 0 radical (unpaired) electrons. The summed E-state index contributed by atoms with van der Waals surface area (Å²) in [6.45, 7) is 0. The average molecular weight is 924 g/mol. The maximum absolute atomic E-state index is 5.66. The summed E-state index contributed by atoms with van der Waals surface area (Å²) in [5, 5.41) is 16.0. The van der Waals surface area contributed by atoms with Crippen molar-refractivity contribution in [2.24, 2.45) is 9.98 Å². The van der Waals surface area contributed by atoms with Gasteiger partial charge in [-0.15, -0.1) is 11.3 Å². The van der Waals surface area contributed by atoms with Crippen LogP contribution in [-0.2, 0) is 0 Å². The van der Waals surface area contributed by atoms with Crippen molar-refractivity contribution in [2.45, 2.75) is 6.17 Å². The minimum atomic E-state index is -0.404. The largest absolute Gasteiger partial charge is 0.344 e. The molecular weight excluding hydrogens is 883 g/mol. The summed E-state index contributed by atoms with van der Waals surface area (Å²) in [6, 6.07) is 85.8. The predicted molar refractivity (Wildman–Crippen MR) is 300 cm³/mol. The van der Waals surface area contributed by atoms with Gasteiger partial charge in [-0.05, 0) is 117 Å². The Labute approximate surface area is 412 Å². The van der Waals surface area contributed by atoms with Crippen LogP contribution >= 0.6 is 11.3 Å². The minimum Gasteiger partial charge on any atom is -0.344 e. The number of fused-ring (bicyclic) bond motifs is 11. The third-order valence-corrected chi connectivity index (χ3v) is 15.6. The summed E-state index contributed by atoms with van der Waals surface area (Å²) in [6.07, 6.45) is -0.404. The first-order valence-electron chi connectivity index (χ1n) is 24.2. The van der Waals surface area contributed by atoms with Crippen LogP contribution in [-0.4, -0.2) is 20.8 Å². The van der Waals surface area contributed by atoms with Gasteiger partial charge in [0, 0.05) is 64.2 Å². The van der Waals surface area contributed by atoms with Gasteiger partial charge in [0.15, 0.2) is 5.84 Å². The first-order chi connectivity index (χ1) is 35.2. The maximum atomic E-state index is 5.66. The van der Waals surface area contributed by atoms with E-state index in [0.29, 0.717) is 5.84 Å². The van der Waals surface area contributed by atoms with E-state index in [9.17, 15) is 0 Å². The number of nitrogens with zero attached hydrogens (tertiary/aromatic N) is 4. The molecule has 1 unspecified atom stereocenters. The van der Waals surface area contributed by atoms with Gasteiger partial charge in [0.1, 0.15) is 12.0 Å². The quantitative estimate of drug-likeness (QED) is 0.177. The Morgan fingerprint density at radius 2 is 0.972 bits per heavy atom. The summed E-state index contributed by atoms with van der Waals surface area (Å²) in [4.78, 5) is 11.2. The molecule has 0 saturated carbocycles. The lowest BCUT2D eigenvalue weighted by molar-refractivity contribution is 0.674. The van der Waals surface area contributed by atoms with Crippen LogP contribution in [0.5, 0.6) is 0 Å². The molecule has 11 aromatic carbocycles. The number of rotatable bonds is 6. The average Bonchev–Trinajstić information content (AvgIpc) is 4.09. The van der Waals surface area contributed by atoms with Crippen LogP contribution in [0.4, 0.5) is 0 Å². The second kappa shape index (κ2) is 15.7. The zero-order valence-electron chi connectivity index (χ0n) is 38.3. The maximum Gasteiger partial charge on any atom is 0.160 e. The highest BCUT2D eigenvalue weighted by Crippen LogP contribution is 2.45. The second-order valence-corrected chi connectivity index (χ2v) is 19.6. The van der Waals surface area contributed by atoms with E-state index in [-0.39, 0.29) is 0 Å². The standard InChI is InChI=1S/C65H41N5S/c1-3-17-40(18-4-1)63-66-64(68-65(67-63)51-28-15-31-57-61(51)50-26-12-14-30-56(50)69(57)45-23-5-2-6-24-45)49-34-33-46(70-55-29-13-11-25-47(55)53-35-41-19-7-9-21-43(41)37-58(53)70)39-52(49)48-27-16-32-59-62(48)54-36-42-20-8-10-22-44(42)38-60(54)71-59/h1-39,63H,(H,66,67,68). The van der Waals surface area contributed by atoms with E-state index in [1.807, 2.05) is 11.3 Å². The van der Waals surface area contributed by atoms with Crippen LogP contribution in [0.3, 0.4) is 0 Å². The fraction of sp³-hybridized carbons (Fsp3) is 0.0154. The highest BCUT2D eigenvalue weighted by molar-refractivity contribution is 7.26. The van der Waals surface area contributed by atoms with E-state index in [1.165, 1.54) is 63.4 Å². The van der Waals surface area contributed by atoms with Crippen LogP contribution < -0.4 is 5.32 Å². The zero-order chi connectivity index (χ0) is 46.6. The van der Waals surface area contributed by atoms with Crippen molar-refractivity contribution in [1.29, 1.82) is 0 Å². The Morgan fingerprint density at radius 3 is 1.76 bits per heavy atom. The van der Waals surface area contributed by atoms with Crippen molar-refractivity contribution < 1.29 is 0 Å². The summed E-state index contributed by atoms with van der Waals surface area (Å²) >= 11 is 1.86. The molecule has 3 aromatic heterocycles. The number of amidine groups is 2. The number of aromatic nitrogens is 2. The predicted octanol–water partition coefficient (Wildman–Crippen LogP) is 16.7. The molecule has 71 heavy (non-hydrogen) atoms. The number of benzene rings is 11. The van der Waals surface area contributed by atoms with E-state index in [1.54, 1.807) is 0 Å². The lowest BCUT2D eigenvalue weighted by Crippen LogP contribution is -2.33. The van der Waals surface area contributed by atoms with E-state index < -0.39 is 6.17 Å². The number of nitrogens with one attached hydrogen (secondary N) is 1. The van der Waals surface area contributed by atoms with E-state index >= 15 is 0 Å². The van der Waals surface area contributed by atoms with Crippen molar-refractivity contribution >= 4 is 108 Å². The lowest BCUT2D eigenvalue weighted by atomic mass is 9.93. The Hall–Kier alpha value is -9.10. The molecule has 1 aliphatic heterocycles. The Morgan fingerprint density at radius 1 is 0.366 bits per heavy atom. The normalized spacial score (nSPS) is 14.1. The van der Waals surface area contributed by atoms with Gasteiger partial charge in [-0.2, -0.15) is 0 Å². The molecule has 4 heterocycles. The van der Waals surface area contributed by atoms with Crippen LogP contribution in [0.2, 0.25) is 0 Å². The SMILES string of the molecule is c1ccc(C2N=C(c3ccc(-n4c5ccccc5c5cc6ccccc6cc54)cc3-c3cccc4sc5cc6ccccc6cc5c34)N=C(c3cccc4c3c3ccccc3n4-c3ccccc3)N2)cc1. The van der Waals surface area contributed by atoms with Crippen molar-refractivity contribution in [3.8, 4) is 22.5 Å². The van der Waals surface area contributed by atoms with Crippen molar-refractivity contribution in [2.75, 3.05) is 0 Å². The fourth-order valence-corrected chi connectivity index (χ4v) is 12.5. The van der Waals surface area contributed by atoms with Crippen molar-refractivity contribution in [1.82, 2.24) is 14.5 Å².